The van der Waals surface area contributed by atoms with Gasteiger partial charge in [-0.3, -0.25) is 4.79 Å². The molecule has 0 bridgehead atoms. The van der Waals surface area contributed by atoms with Crippen molar-refractivity contribution in [2.75, 3.05) is 11.9 Å². The minimum absolute atomic E-state index is 0.308. The summed E-state index contributed by atoms with van der Waals surface area (Å²) in [5.74, 6) is 0.941. The highest BCUT2D eigenvalue weighted by atomic mass is 79.9. The van der Waals surface area contributed by atoms with Crippen LogP contribution in [0.3, 0.4) is 0 Å². The fourth-order valence-corrected chi connectivity index (χ4v) is 4.98. The number of hydrogen-bond acceptors (Lipinski definition) is 7. The van der Waals surface area contributed by atoms with E-state index in [0.29, 0.717) is 30.3 Å². The van der Waals surface area contributed by atoms with Crippen molar-refractivity contribution in [2.45, 2.75) is 20.5 Å². The van der Waals surface area contributed by atoms with Crippen molar-refractivity contribution < 1.29 is 14.3 Å². The number of rotatable bonds is 11. The third-order valence-corrected chi connectivity index (χ3v) is 7.49. The van der Waals surface area contributed by atoms with Crippen molar-refractivity contribution in [3.8, 4) is 22.8 Å². The van der Waals surface area contributed by atoms with E-state index in [1.807, 2.05) is 79.0 Å². The SMILES string of the molecule is CCOc1cc(/C=N\NC(=O)c2ccc(-c3csc(Nc4ccc(C)cc4)n3)cc2)ccc1OCc1ccc(Br)cc1. The molecule has 7 nitrogen and oxygen atoms in total. The van der Waals surface area contributed by atoms with Crippen molar-refractivity contribution in [3.63, 3.8) is 0 Å². The molecular formula is C33H29BrN4O3S. The number of carbonyl (C=O) groups is 1. The Kier molecular flexibility index (Phi) is 9.63. The molecule has 1 heterocycles. The number of nitrogens with one attached hydrogen (secondary N) is 2. The van der Waals surface area contributed by atoms with E-state index >= 15 is 0 Å². The molecule has 0 spiro atoms. The third kappa shape index (κ3) is 7.84. The Hall–Kier alpha value is -4.47. The van der Waals surface area contributed by atoms with Gasteiger partial charge in [0.05, 0.1) is 18.5 Å². The average Bonchev–Trinajstić information content (AvgIpc) is 3.47. The summed E-state index contributed by atoms with van der Waals surface area (Å²) < 4.78 is 12.8. The van der Waals surface area contributed by atoms with Gasteiger partial charge in [0, 0.05) is 26.7 Å². The van der Waals surface area contributed by atoms with Gasteiger partial charge >= 0.3 is 0 Å². The van der Waals surface area contributed by atoms with Gasteiger partial charge in [0.15, 0.2) is 16.6 Å². The van der Waals surface area contributed by atoms with Crippen LogP contribution in [0.1, 0.15) is 34.0 Å². The van der Waals surface area contributed by atoms with E-state index in [2.05, 4.69) is 55.8 Å². The first-order valence-electron chi connectivity index (χ1n) is 13.3. The van der Waals surface area contributed by atoms with Crippen molar-refractivity contribution in [1.82, 2.24) is 10.4 Å². The summed E-state index contributed by atoms with van der Waals surface area (Å²) in [6.45, 7) is 4.89. The second kappa shape index (κ2) is 13.9. The lowest BCUT2D eigenvalue weighted by atomic mass is 10.1. The van der Waals surface area contributed by atoms with E-state index in [4.69, 9.17) is 9.47 Å². The molecule has 0 saturated heterocycles. The molecule has 4 aromatic carbocycles. The van der Waals surface area contributed by atoms with E-state index in [1.165, 1.54) is 16.9 Å². The number of ether oxygens (including phenoxy) is 2. The molecule has 0 aliphatic heterocycles. The molecular weight excluding hydrogens is 612 g/mol. The first-order chi connectivity index (χ1) is 20.5. The minimum Gasteiger partial charge on any atom is -0.490 e. The van der Waals surface area contributed by atoms with Crippen LogP contribution in [0.15, 0.2) is 106 Å². The van der Waals surface area contributed by atoms with Crippen molar-refractivity contribution in [2.24, 2.45) is 5.10 Å². The molecule has 5 aromatic rings. The Morgan fingerprint density at radius 1 is 0.952 bits per heavy atom. The number of hydrogen-bond donors (Lipinski definition) is 2. The predicted molar refractivity (Wildman–Crippen MR) is 173 cm³/mol. The Bertz CT molecular complexity index is 1670. The summed E-state index contributed by atoms with van der Waals surface area (Å²) in [5, 5.41) is 10.3. The second-order valence-corrected chi connectivity index (χ2v) is 11.1. The number of aryl methyl sites for hydroxylation is 1. The van der Waals surface area contributed by atoms with Crippen LogP contribution in [0.25, 0.3) is 11.3 Å². The number of amides is 1. The van der Waals surface area contributed by atoms with Gasteiger partial charge < -0.3 is 14.8 Å². The van der Waals surface area contributed by atoms with Crippen LogP contribution in [0.2, 0.25) is 0 Å². The molecule has 0 aliphatic rings. The predicted octanol–water partition coefficient (Wildman–Crippen LogP) is 8.37. The zero-order chi connectivity index (χ0) is 29.3. The molecule has 1 amide bonds. The Balaban J connectivity index is 1.17. The highest BCUT2D eigenvalue weighted by molar-refractivity contribution is 9.10. The van der Waals surface area contributed by atoms with Crippen LogP contribution in [0.5, 0.6) is 11.5 Å². The van der Waals surface area contributed by atoms with Gasteiger partial charge in [-0.1, -0.05) is 57.9 Å². The molecule has 0 aliphatic carbocycles. The van der Waals surface area contributed by atoms with Crippen LogP contribution < -0.4 is 20.2 Å². The summed E-state index contributed by atoms with van der Waals surface area (Å²) >= 11 is 4.97. The van der Waals surface area contributed by atoms with Gasteiger partial charge in [-0.2, -0.15) is 5.10 Å². The topological polar surface area (TPSA) is 84.8 Å². The van der Waals surface area contributed by atoms with E-state index in [0.717, 1.165) is 37.7 Å². The summed E-state index contributed by atoms with van der Waals surface area (Å²) in [6.07, 6.45) is 1.57. The largest absolute Gasteiger partial charge is 0.490 e. The number of anilines is 2. The second-order valence-electron chi connectivity index (χ2n) is 9.36. The number of nitrogens with zero attached hydrogens (tertiary/aromatic N) is 2. The Labute approximate surface area is 257 Å². The number of carbonyl (C=O) groups excluding carboxylic acids is 1. The van der Waals surface area contributed by atoms with Gasteiger partial charge in [-0.15, -0.1) is 11.3 Å². The lowest BCUT2D eigenvalue weighted by Crippen LogP contribution is -2.17. The molecule has 9 heteroatoms. The average molecular weight is 642 g/mol. The number of aromatic nitrogens is 1. The molecule has 5 rings (SSSR count). The number of hydrazone groups is 1. The summed E-state index contributed by atoms with van der Waals surface area (Å²) in [5.41, 5.74) is 8.87. The fourth-order valence-electron chi connectivity index (χ4n) is 3.98. The lowest BCUT2D eigenvalue weighted by molar-refractivity contribution is 0.0955. The smallest absolute Gasteiger partial charge is 0.271 e. The van der Waals surface area contributed by atoms with Crippen LogP contribution in [-0.4, -0.2) is 23.7 Å². The zero-order valence-corrected chi connectivity index (χ0v) is 25.5. The normalized spacial score (nSPS) is 10.9. The first kappa shape index (κ1) is 29.0. The molecule has 0 unspecified atom stereocenters. The number of thiazole rings is 1. The maximum absolute atomic E-state index is 12.7. The van der Waals surface area contributed by atoms with Crippen LogP contribution in [0.4, 0.5) is 10.8 Å². The minimum atomic E-state index is -0.308. The van der Waals surface area contributed by atoms with E-state index < -0.39 is 0 Å². The molecule has 0 radical (unpaired) electrons. The highest BCUT2D eigenvalue weighted by Crippen LogP contribution is 2.30. The molecule has 2 N–H and O–H groups in total. The first-order valence-corrected chi connectivity index (χ1v) is 15.0. The van der Waals surface area contributed by atoms with Gasteiger partial charge in [-0.25, -0.2) is 10.4 Å². The zero-order valence-electron chi connectivity index (χ0n) is 23.1. The van der Waals surface area contributed by atoms with Crippen LogP contribution in [0, 0.1) is 6.92 Å². The highest BCUT2D eigenvalue weighted by Gasteiger charge is 2.10. The molecule has 0 atom stereocenters. The Morgan fingerprint density at radius 3 is 2.45 bits per heavy atom. The van der Waals surface area contributed by atoms with E-state index in [1.54, 1.807) is 18.3 Å². The maximum atomic E-state index is 12.7. The van der Waals surface area contributed by atoms with Gasteiger partial charge in [0.25, 0.3) is 5.91 Å². The van der Waals surface area contributed by atoms with E-state index in [9.17, 15) is 4.79 Å². The van der Waals surface area contributed by atoms with Crippen LogP contribution in [-0.2, 0) is 6.61 Å². The van der Waals surface area contributed by atoms with Crippen molar-refractivity contribution >= 4 is 50.2 Å². The monoisotopic (exact) mass is 640 g/mol. The van der Waals surface area contributed by atoms with Gasteiger partial charge in [0.1, 0.15) is 6.61 Å². The maximum Gasteiger partial charge on any atom is 0.271 e. The van der Waals surface area contributed by atoms with Gasteiger partial charge in [0.2, 0.25) is 0 Å². The molecule has 1 aromatic heterocycles. The van der Waals surface area contributed by atoms with Crippen LogP contribution >= 0.6 is 27.3 Å². The standard InChI is InChI=1S/C33H29BrN4O3S/c1-3-40-31-18-24(8-17-30(31)41-20-23-6-13-27(34)14-7-23)19-35-38-32(39)26-11-9-25(10-12-26)29-21-42-33(37-29)36-28-15-4-22(2)5-16-28/h4-19,21H,3,20H2,1-2H3,(H,36,37)(H,38,39)/b35-19-. The van der Waals surface area contributed by atoms with Gasteiger partial charge in [-0.05, 0) is 79.6 Å². The number of benzene rings is 4. The number of halogens is 1. The summed E-state index contributed by atoms with van der Waals surface area (Å²) in [6, 6.07) is 28.9. The third-order valence-electron chi connectivity index (χ3n) is 6.20. The van der Waals surface area contributed by atoms with Crippen molar-refractivity contribution in [1.29, 1.82) is 0 Å². The van der Waals surface area contributed by atoms with Crippen molar-refractivity contribution in [3.05, 3.63) is 123 Å². The fraction of sp³-hybridized carbons (Fsp3) is 0.121. The van der Waals surface area contributed by atoms with E-state index in [-0.39, 0.29) is 5.91 Å². The summed E-state index contributed by atoms with van der Waals surface area (Å²) in [7, 11) is 0. The summed E-state index contributed by atoms with van der Waals surface area (Å²) in [4.78, 5) is 17.4. The quantitative estimate of drug-likeness (QED) is 0.112. The lowest BCUT2D eigenvalue weighted by Gasteiger charge is -2.12. The molecule has 212 valence electrons. The Morgan fingerprint density at radius 2 is 1.71 bits per heavy atom. The molecule has 0 saturated carbocycles. The molecule has 0 fully saturated rings. The molecule has 42 heavy (non-hydrogen) atoms.